The third-order valence-corrected chi connectivity index (χ3v) is 4.66. The highest BCUT2D eigenvalue weighted by molar-refractivity contribution is 5.95. The molecule has 1 aliphatic rings. The maximum absolute atomic E-state index is 12.5. The highest BCUT2D eigenvalue weighted by Crippen LogP contribution is 2.28. The Balaban J connectivity index is 1.96. The molecule has 1 N–H and O–H groups in total. The largest absolute Gasteiger partial charge is 0.493 e. The second-order valence-corrected chi connectivity index (χ2v) is 7.44. The van der Waals surface area contributed by atoms with Gasteiger partial charge < -0.3 is 14.8 Å². The van der Waals surface area contributed by atoms with Crippen molar-refractivity contribution in [2.75, 3.05) is 26.8 Å². The van der Waals surface area contributed by atoms with Crippen molar-refractivity contribution in [3.05, 3.63) is 23.8 Å². The van der Waals surface area contributed by atoms with Gasteiger partial charge in [0.2, 0.25) is 0 Å². The quantitative estimate of drug-likeness (QED) is 0.783. The molecule has 25 heavy (non-hydrogen) atoms. The normalized spacial score (nSPS) is 18.0. The van der Waals surface area contributed by atoms with Crippen LogP contribution in [0.1, 0.15) is 50.9 Å². The summed E-state index contributed by atoms with van der Waals surface area (Å²) in [7, 11) is 1.60. The summed E-state index contributed by atoms with van der Waals surface area (Å²) in [6.07, 6.45) is 1.98. The maximum atomic E-state index is 12.5. The van der Waals surface area contributed by atoms with E-state index in [1.807, 2.05) is 6.07 Å². The lowest BCUT2D eigenvalue weighted by atomic mass is 10.1. The molecule has 2 rings (SSSR count). The average molecular weight is 348 g/mol. The molecular formula is C20H32N2O3. The third-order valence-electron chi connectivity index (χ3n) is 4.66. The van der Waals surface area contributed by atoms with Crippen LogP contribution in [-0.4, -0.2) is 49.7 Å². The van der Waals surface area contributed by atoms with Crippen LogP contribution in [0.2, 0.25) is 0 Å². The molecule has 1 aliphatic heterocycles. The molecule has 140 valence electrons. The number of hydrogen-bond donors (Lipinski definition) is 1. The SMILES string of the molecule is COc1cc(C(=O)NC2CCN(C(C)C)C2)ccc1OCCC(C)C. The number of ether oxygens (including phenoxy) is 2. The first-order valence-electron chi connectivity index (χ1n) is 9.26. The van der Waals surface area contributed by atoms with Gasteiger partial charge >= 0.3 is 0 Å². The predicted octanol–water partition coefficient (Wildman–Crippen LogP) is 3.33. The number of amides is 1. The van der Waals surface area contributed by atoms with E-state index in [4.69, 9.17) is 9.47 Å². The summed E-state index contributed by atoms with van der Waals surface area (Å²) in [6.45, 7) is 11.3. The van der Waals surface area contributed by atoms with E-state index in [-0.39, 0.29) is 11.9 Å². The third kappa shape index (κ3) is 5.63. The number of hydrogen-bond acceptors (Lipinski definition) is 4. The zero-order chi connectivity index (χ0) is 18.4. The van der Waals surface area contributed by atoms with Crippen LogP contribution in [0.5, 0.6) is 11.5 Å². The summed E-state index contributed by atoms with van der Waals surface area (Å²) in [5.41, 5.74) is 0.607. The van der Waals surface area contributed by atoms with Crippen molar-refractivity contribution in [1.29, 1.82) is 0 Å². The van der Waals surface area contributed by atoms with Gasteiger partial charge in [0.15, 0.2) is 11.5 Å². The van der Waals surface area contributed by atoms with E-state index in [2.05, 4.69) is 37.9 Å². The van der Waals surface area contributed by atoms with Crippen molar-refractivity contribution < 1.29 is 14.3 Å². The van der Waals surface area contributed by atoms with E-state index in [0.717, 1.165) is 25.9 Å². The summed E-state index contributed by atoms with van der Waals surface area (Å²) in [6, 6.07) is 6.11. The van der Waals surface area contributed by atoms with Crippen molar-refractivity contribution >= 4 is 5.91 Å². The van der Waals surface area contributed by atoms with Gasteiger partial charge in [0.1, 0.15) is 0 Å². The Morgan fingerprint density at radius 2 is 2.04 bits per heavy atom. The van der Waals surface area contributed by atoms with Crippen LogP contribution in [0, 0.1) is 5.92 Å². The first-order chi connectivity index (χ1) is 11.9. The van der Waals surface area contributed by atoms with Crippen molar-refractivity contribution in [1.82, 2.24) is 10.2 Å². The fraction of sp³-hybridized carbons (Fsp3) is 0.650. The van der Waals surface area contributed by atoms with Crippen LogP contribution in [0.3, 0.4) is 0 Å². The lowest BCUT2D eigenvalue weighted by Crippen LogP contribution is -2.38. The lowest BCUT2D eigenvalue weighted by molar-refractivity contribution is 0.0936. The van der Waals surface area contributed by atoms with Crippen LogP contribution < -0.4 is 14.8 Å². The van der Waals surface area contributed by atoms with Crippen LogP contribution in [-0.2, 0) is 0 Å². The van der Waals surface area contributed by atoms with E-state index < -0.39 is 0 Å². The minimum Gasteiger partial charge on any atom is -0.493 e. The molecule has 0 aromatic heterocycles. The molecule has 0 aliphatic carbocycles. The van der Waals surface area contributed by atoms with Crippen molar-refractivity contribution in [3.63, 3.8) is 0 Å². The minimum atomic E-state index is -0.0531. The van der Waals surface area contributed by atoms with Crippen molar-refractivity contribution in [2.24, 2.45) is 5.92 Å². The van der Waals surface area contributed by atoms with Gasteiger partial charge in [-0.3, -0.25) is 9.69 Å². The molecule has 1 unspecified atom stereocenters. The van der Waals surface area contributed by atoms with Crippen LogP contribution in [0.4, 0.5) is 0 Å². The second-order valence-electron chi connectivity index (χ2n) is 7.44. The fourth-order valence-corrected chi connectivity index (χ4v) is 2.98. The number of benzene rings is 1. The summed E-state index contributed by atoms with van der Waals surface area (Å²) >= 11 is 0. The highest BCUT2D eigenvalue weighted by atomic mass is 16.5. The van der Waals surface area contributed by atoms with Gasteiger partial charge in [0, 0.05) is 30.7 Å². The number of carbonyl (C=O) groups excluding carboxylic acids is 1. The van der Waals surface area contributed by atoms with Gasteiger partial charge in [-0.15, -0.1) is 0 Å². The Morgan fingerprint density at radius 3 is 2.64 bits per heavy atom. The molecule has 1 atom stereocenters. The van der Waals surface area contributed by atoms with Gasteiger partial charge in [0.25, 0.3) is 5.91 Å². The van der Waals surface area contributed by atoms with Crippen LogP contribution >= 0.6 is 0 Å². The van der Waals surface area contributed by atoms with Gasteiger partial charge in [-0.2, -0.15) is 0 Å². The number of nitrogens with one attached hydrogen (secondary N) is 1. The zero-order valence-corrected chi connectivity index (χ0v) is 16.2. The van der Waals surface area contributed by atoms with E-state index in [9.17, 15) is 4.79 Å². The standard InChI is InChI=1S/C20H32N2O3/c1-14(2)9-11-25-18-7-6-16(12-19(18)24-5)20(23)21-17-8-10-22(13-17)15(3)4/h6-7,12,14-15,17H,8-11,13H2,1-5H3,(H,21,23). The lowest BCUT2D eigenvalue weighted by Gasteiger charge is -2.20. The van der Waals surface area contributed by atoms with E-state index in [1.165, 1.54) is 0 Å². The molecule has 1 fully saturated rings. The molecule has 1 amide bonds. The smallest absolute Gasteiger partial charge is 0.251 e. The van der Waals surface area contributed by atoms with Gasteiger partial charge in [-0.1, -0.05) is 13.8 Å². The molecule has 0 bridgehead atoms. The van der Waals surface area contributed by atoms with Crippen molar-refractivity contribution in [3.8, 4) is 11.5 Å². The Morgan fingerprint density at radius 1 is 1.28 bits per heavy atom. The molecule has 1 aromatic carbocycles. The highest BCUT2D eigenvalue weighted by Gasteiger charge is 2.25. The van der Waals surface area contributed by atoms with E-state index >= 15 is 0 Å². The van der Waals surface area contributed by atoms with Crippen LogP contribution in [0.25, 0.3) is 0 Å². The Kier molecular flexibility index (Phi) is 7.12. The Hall–Kier alpha value is -1.75. The predicted molar refractivity (Wildman–Crippen MR) is 101 cm³/mol. The van der Waals surface area contributed by atoms with E-state index in [0.29, 0.717) is 35.6 Å². The van der Waals surface area contributed by atoms with Crippen LogP contribution in [0.15, 0.2) is 18.2 Å². The monoisotopic (exact) mass is 348 g/mol. The zero-order valence-electron chi connectivity index (χ0n) is 16.2. The first-order valence-corrected chi connectivity index (χ1v) is 9.26. The Labute approximate surface area is 151 Å². The van der Waals surface area contributed by atoms with E-state index in [1.54, 1.807) is 19.2 Å². The summed E-state index contributed by atoms with van der Waals surface area (Å²) in [5.74, 6) is 1.83. The molecule has 5 nitrogen and oxygen atoms in total. The number of carbonyl (C=O) groups is 1. The number of nitrogens with zero attached hydrogens (tertiary/aromatic N) is 1. The summed E-state index contributed by atoms with van der Waals surface area (Å²) < 4.78 is 11.2. The first kappa shape index (κ1) is 19.6. The van der Waals surface area contributed by atoms with Gasteiger partial charge in [-0.25, -0.2) is 0 Å². The fourth-order valence-electron chi connectivity index (χ4n) is 2.98. The number of methoxy groups -OCH3 is 1. The molecule has 1 aromatic rings. The molecule has 1 heterocycles. The summed E-state index contributed by atoms with van der Waals surface area (Å²) in [5, 5.41) is 3.13. The topological polar surface area (TPSA) is 50.8 Å². The van der Waals surface area contributed by atoms with Gasteiger partial charge in [-0.05, 0) is 50.8 Å². The minimum absolute atomic E-state index is 0.0531. The second kappa shape index (κ2) is 9.09. The number of rotatable bonds is 8. The molecular weight excluding hydrogens is 316 g/mol. The molecule has 0 saturated carbocycles. The Bertz CT molecular complexity index is 572. The summed E-state index contributed by atoms with van der Waals surface area (Å²) in [4.78, 5) is 14.9. The maximum Gasteiger partial charge on any atom is 0.251 e. The molecule has 0 spiro atoms. The molecule has 1 saturated heterocycles. The van der Waals surface area contributed by atoms with Crippen molar-refractivity contribution in [2.45, 2.75) is 52.6 Å². The average Bonchev–Trinajstić information content (AvgIpc) is 3.03. The number of likely N-dealkylation sites (tertiary alicyclic amines) is 1. The van der Waals surface area contributed by atoms with Gasteiger partial charge in [0.05, 0.1) is 13.7 Å². The molecule has 5 heteroatoms. The molecule has 0 radical (unpaired) electrons.